The van der Waals surface area contributed by atoms with Gasteiger partial charge in [0.2, 0.25) is 11.8 Å². The lowest BCUT2D eigenvalue weighted by atomic mass is 9.46. The number of fused-ring (bicyclic) bond motifs is 2. The minimum Gasteiger partial charge on any atom is -0.395 e. The predicted octanol–water partition coefficient (Wildman–Crippen LogP) is 5.86. The lowest BCUT2D eigenvalue weighted by Gasteiger charge is -2.59. The number of nitrogens with zero attached hydrogens (tertiary/aromatic N) is 5. The largest absolute Gasteiger partial charge is 0.395 e. The monoisotopic (exact) mass is 758 g/mol. The minimum absolute atomic E-state index is 0.0399. The van der Waals surface area contributed by atoms with Crippen LogP contribution in [0.3, 0.4) is 0 Å². The molecule has 56 heavy (non-hydrogen) atoms. The van der Waals surface area contributed by atoms with E-state index < -0.39 is 11.8 Å². The molecule has 296 valence electrons. The SMILES string of the molecule is Cc1ccc2nc(N3CCC(NCCO)CC3)ccc2c1N(C(=O)C(CC(N)=O)C12CC3CC(CC(C3)C1)C2)c1c(C)ccc2nc(N3CCC(N)C3)ccc12. The van der Waals surface area contributed by atoms with Crippen molar-refractivity contribution in [2.24, 2.45) is 40.6 Å². The van der Waals surface area contributed by atoms with Crippen molar-refractivity contribution in [3.8, 4) is 0 Å². The highest BCUT2D eigenvalue weighted by Crippen LogP contribution is 2.64. The molecule has 2 aliphatic heterocycles. The van der Waals surface area contributed by atoms with Gasteiger partial charge in [0.1, 0.15) is 11.6 Å². The van der Waals surface area contributed by atoms with Gasteiger partial charge in [-0.3, -0.25) is 14.5 Å². The van der Waals surface area contributed by atoms with E-state index in [1.807, 2.05) is 4.90 Å². The molecule has 4 aromatic rings. The highest BCUT2D eigenvalue weighted by molar-refractivity contribution is 6.15. The standard InChI is InChI=1S/C45H58N8O3/c1-27-3-7-37-34(5-9-40(49-37)51-16-12-33(13-17-51)48-14-18-54)42(27)53(43-28(2)4-8-38-35(43)6-10-41(50-38)52-15-11-32(46)26-52)44(56)36(22-39(47)55)45-23-29-19-30(24-45)21-31(20-29)25-45/h3-10,29-33,36,48,54H,11-26,46H2,1-2H3,(H2,47,55). The molecule has 2 aromatic heterocycles. The van der Waals surface area contributed by atoms with Crippen molar-refractivity contribution in [2.75, 3.05) is 54.0 Å². The third kappa shape index (κ3) is 6.79. The summed E-state index contributed by atoms with van der Waals surface area (Å²) in [4.78, 5) is 46.1. The fourth-order valence-corrected chi connectivity index (χ4v) is 12.0. The average molecular weight is 759 g/mol. The lowest BCUT2D eigenvalue weighted by Crippen LogP contribution is -2.54. The molecule has 10 rings (SSSR count). The van der Waals surface area contributed by atoms with Crippen molar-refractivity contribution >= 4 is 56.6 Å². The number of amides is 2. The molecule has 4 saturated carbocycles. The number of hydrogen-bond acceptors (Lipinski definition) is 9. The molecular weight excluding hydrogens is 701 g/mol. The number of aromatic nitrogens is 2. The van der Waals surface area contributed by atoms with Crippen LogP contribution in [-0.2, 0) is 9.59 Å². The molecule has 6 aliphatic rings. The number of nitrogens with two attached hydrogens (primary N) is 2. The molecule has 11 heteroatoms. The zero-order chi connectivity index (χ0) is 38.7. The minimum atomic E-state index is -0.538. The fourth-order valence-electron chi connectivity index (χ4n) is 12.0. The summed E-state index contributed by atoms with van der Waals surface area (Å²) < 4.78 is 0. The van der Waals surface area contributed by atoms with Gasteiger partial charge in [-0.15, -0.1) is 0 Å². The van der Waals surface area contributed by atoms with E-state index in [0.29, 0.717) is 30.3 Å². The Hall–Kier alpha value is -4.32. The molecule has 4 aliphatic carbocycles. The molecule has 0 spiro atoms. The van der Waals surface area contributed by atoms with E-state index in [2.05, 4.69) is 77.5 Å². The summed E-state index contributed by atoms with van der Waals surface area (Å²) in [6.45, 7) is 8.29. The summed E-state index contributed by atoms with van der Waals surface area (Å²) in [5, 5.41) is 14.5. The number of aryl methyl sites for hydroxylation is 2. The average Bonchev–Trinajstić information content (AvgIpc) is 3.63. The smallest absolute Gasteiger partial charge is 0.235 e. The number of rotatable bonds is 11. The molecular formula is C45H58N8O3. The maximum absolute atomic E-state index is 16.0. The first kappa shape index (κ1) is 37.3. The van der Waals surface area contributed by atoms with Crippen LogP contribution in [0.2, 0.25) is 0 Å². The first-order valence-electron chi connectivity index (χ1n) is 21.1. The molecule has 2 saturated heterocycles. The second-order valence-electron chi connectivity index (χ2n) is 18.0. The van der Waals surface area contributed by atoms with Gasteiger partial charge in [-0.2, -0.15) is 0 Å². The van der Waals surface area contributed by atoms with Crippen molar-refractivity contribution in [2.45, 2.75) is 90.1 Å². The number of carbonyl (C=O) groups excluding carboxylic acids is 2. The number of aliphatic hydroxyl groups is 1. The Kier molecular flexibility index (Phi) is 9.90. The van der Waals surface area contributed by atoms with Gasteiger partial charge in [-0.1, -0.05) is 12.1 Å². The molecule has 6 fully saturated rings. The van der Waals surface area contributed by atoms with Gasteiger partial charge in [0, 0.05) is 62.0 Å². The molecule has 4 bridgehead atoms. The maximum atomic E-state index is 16.0. The van der Waals surface area contributed by atoms with Crippen molar-refractivity contribution in [3.05, 3.63) is 59.7 Å². The summed E-state index contributed by atoms with van der Waals surface area (Å²) in [5.74, 6) is 2.63. The lowest BCUT2D eigenvalue weighted by molar-refractivity contribution is -0.143. The van der Waals surface area contributed by atoms with Crippen LogP contribution in [0.15, 0.2) is 48.5 Å². The molecule has 6 N–H and O–H groups in total. The van der Waals surface area contributed by atoms with E-state index >= 15 is 4.79 Å². The Morgan fingerprint density at radius 3 is 1.86 bits per heavy atom. The fraction of sp³-hybridized carbons (Fsp3) is 0.556. The normalized spacial score (nSPS) is 26.7. The van der Waals surface area contributed by atoms with Gasteiger partial charge in [0.15, 0.2) is 0 Å². The first-order valence-corrected chi connectivity index (χ1v) is 21.1. The van der Waals surface area contributed by atoms with E-state index in [0.717, 1.165) is 121 Å². The number of pyridine rings is 2. The van der Waals surface area contributed by atoms with Crippen molar-refractivity contribution < 1.29 is 14.7 Å². The molecule has 4 heterocycles. The van der Waals surface area contributed by atoms with Crippen molar-refractivity contribution in [1.29, 1.82) is 0 Å². The van der Waals surface area contributed by atoms with E-state index in [9.17, 15) is 9.90 Å². The number of aliphatic hydroxyl groups excluding tert-OH is 1. The highest BCUT2D eigenvalue weighted by Gasteiger charge is 2.57. The van der Waals surface area contributed by atoms with E-state index in [1.165, 1.54) is 19.3 Å². The Bertz CT molecular complexity index is 2110. The summed E-state index contributed by atoms with van der Waals surface area (Å²) >= 11 is 0. The summed E-state index contributed by atoms with van der Waals surface area (Å²) in [6, 6.07) is 17.2. The van der Waals surface area contributed by atoms with Crippen LogP contribution in [0, 0.1) is 42.9 Å². The number of carbonyl (C=O) groups is 2. The van der Waals surface area contributed by atoms with Crippen molar-refractivity contribution in [3.63, 3.8) is 0 Å². The Morgan fingerprint density at radius 1 is 0.821 bits per heavy atom. The van der Waals surface area contributed by atoms with Gasteiger partial charge in [0.25, 0.3) is 0 Å². The molecule has 2 amide bonds. The number of piperidine rings is 1. The second-order valence-corrected chi connectivity index (χ2v) is 18.0. The van der Waals surface area contributed by atoms with Crippen LogP contribution in [0.25, 0.3) is 21.8 Å². The van der Waals surface area contributed by atoms with E-state index in [1.54, 1.807) is 0 Å². The molecule has 2 unspecified atom stereocenters. The molecule has 2 atom stereocenters. The molecule has 0 radical (unpaired) electrons. The number of benzene rings is 2. The molecule has 11 nitrogen and oxygen atoms in total. The third-order valence-corrected chi connectivity index (χ3v) is 14.2. The number of anilines is 4. The van der Waals surface area contributed by atoms with Gasteiger partial charge >= 0.3 is 0 Å². The number of primary amides is 1. The third-order valence-electron chi connectivity index (χ3n) is 14.2. The zero-order valence-corrected chi connectivity index (χ0v) is 33.1. The van der Waals surface area contributed by atoms with E-state index in [-0.39, 0.29) is 30.4 Å². The van der Waals surface area contributed by atoms with Crippen LogP contribution in [0.5, 0.6) is 0 Å². The zero-order valence-electron chi connectivity index (χ0n) is 33.1. The summed E-state index contributed by atoms with van der Waals surface area (Å²) in [7, 11) is 0. The van der Waals surface area contributed by atoms with Crippen LogP contribution >= 0.6 is 0 Å². The number of nitrogens with one attached hydrogen (secondary N) is 1. The Balaban J connectivity index is 1.18. The van der Waals surface area contributed by atoms with Gasteiger partial charge in [-0.05, 0) is 142 Å². The first-order chi connectivity index (χ1) is 27.1. The van der Waals surface area contributed by atoms with E-state index in [4.69, 9.17) is 21.4 Å². The second kappa shape index (κ2) is 14.9. The predicted molar refractivity (Wildman–Crippen MR) is 223 cm³/mol. The van der Waals surface area contributed by atoms with Gasteiger partial charge in [0.05, 0.1) is 34.9 Å². The summed E-state index contributed by atoms with van der Waals surface area (Å²) in [5.41, 5.74) is 17.3. The Labute approximate surface area is 330 Å². The van der Waals surface area contributed by atoms with Crippen LogP contribution < -0.4 is 31.5 Å². The molecule has 2 aromatic carbocycles. The van der Waals surface area contributed by atoms with Crippen molar-refractivity contribution in [1.82, 2.24) is 15.3 Å². The Morgan fingerprint density at radius 2 is 1.36 bits per heavy atom. The van der Waals surface area contributed by atoms with Gasteiger partial charge < -0.3 is 31.7 Å². The van der Waals surface area contributed by atoms with Gasteiger partial charge in [-0.25, -0.2) is 9.97 Å². The number of hydrogen-bond donors (Lipinski definition) is 4. The van der Waals surface area contributed by atoms with Crippen LogP contribution in [0.1, 0.15) is 75.3 Å². The quantitative estimate of drug-likeness (QED) is 0.147. The maximum Gasteiger partial charge on any atom is 0.235 e. The highest BCUT2D eigenvalue weighted by atomic mass is 16.3. The van der Waals surface area contributed by atoms with Crippen LogP contribution in [-0.4, -0.2) is 78.3 Å². The van der Waals surface area contributed by atoms with Crippen LogP contribution in [0.4, 0.5) is 23.0 Å². The topological polar surface area (TPSA) is 154 Å². The summed E-state index contributed by atoms with van der Waals surface area (Å²) in [6.07, 6.45) is 9.62.